The van der Waals surface area contributed by atoms with Crippen LogP contribution in [0.1, 0.15) is 43.5 Å². The molecule has 6 nitrogen and oxygen atoms in total. The second kappa shape index (κ2) is 7.97. The van der Waals surface area contributed by atoms with Crippen molar-refractivity contribution in [2.24, 2.45) is 0 Å². The number of carbonyl (C=O) groups excluding carboxylic acids is 1. The molecule has 0 spiro atoms. The smallest absolute Gasteiger partial charge is 0.303 e. The Kier molecular flexibility index (Phi) is 5.98. The summed E-state index contributed by atoms with van der Waals surface area (Å²) in [6.45, 7) is 5.11. The third-order valence-corrected chi connectivity index (χ3v) is 3.94. The Morgan fingerprint density at radius 2 is 2.26 bits per heavy atom. The summed E-state index contributed by atoms with van der Waals surface area (Å²) in [6, 6.07) is 5.07. The fraction of sp³-hybridized carbons (Fsp3) is 0.529. The highest BCUT2D eigenvalue weighted by atomic mass is 16.5. The van der Waals surface area contributed by atoms with Crippen LogP contribution in [0.25, 0.3) is 0 Å². The number of benzene rings is 1. The van der Waals surface area contributed by atoms with E-state index in [1.807, 2.05) is 12.1 Å². The van der Waals surface area contributed by atoms with Gasteiger partial charge in [-0.3, -0.25) is 9.59 Å². The zero-order valence-corrected chi connectivity index (χ0v) is 13.6. The minimum atomic E-state index is -0.822. The molecule has 2 atom stereocenters. The molecule has 0 saturated carbocycles. The molecule has 0 radical (unpaired) electrons. The van der Waals surface area contributed by atoms with Crippen molar-refractivity contribution in [3.63, 3.8) is 0 Å². The lowest BCUT2D eigenvalue weighted by Gasteiger charge is -2.27. The number of hydrogen-bond donors (Lipinski definition) is 3. The van der Waals surface area contributed by atoms with Crippen LogP contribution in [-0.2, 0) is 4.79 Å². The number of hydrogen-bond acceptors (Lipinski definition) is 5. The first-order valence-corrected chi connectivity index (χ1v) is 8.05. The van der Waals surface area contributed by atoms with Gasteiger partial charge in [-0.2, -0.15) is 0 Å². The molecule has 1 aromatic rings. The van der Waals surface area contributed by atoms with Crippen molar-refractivity contribution >= 4 is 17.4 Å². The summed E-state index contributed by atoms with van der Waals surface area (Å²) >= 11 is 0. The largest absolute Gasteiger partial charge is 0.486 e. The van der Waals surface area contributed by atoms with Crippen LogP contribution in [0.2, 0.25) is 0 Å². The third-order valence-electron chi connectivity index (χ3n) is 3.94. The lowest BCUT2D eigenvalue weighted by molar-refractivity contribution is -0.137. The first-order valence-electron chi connectivity index (χ1n) is 8.05. The van der Waals surface area contributed by atoms with E-state index in [-0.39, 0.29) is 24.3 Å². The molecule has 0 fully saturated rings. The first kappa shape index (κ1) is 17.3. The number of fused-ring (bicyclic) bond motifs is 1. The number of rotatable bonds is 8. The van der Waals surface area contributed by atoms with Gasteiger partial charge < -0.3 is 20.5 Å². The van der Waals surface area contributed by atoms with Crippen molar-refractivity contribution in [2.45, 2.75) is 45.3 Å². The van der Waals surface area contributed by atoms with Gasteiger partial charge in [0, 0.05) is 12.0 Å². The molecule has 3 N–H and O–H groups in total. The van der Waals surface area contributed by atoms with E-state index in [4.69, 9.17) is 9.84 Å². The predicted octanol–water partition coefficient (Wildman–Crippen LogP) is 2.30. The van der Waals surface area contributed by atoms with E-state index in [1.165, 1.54) is 0 Å². The second-order valence-electron chi connectivity index (χ2n) is 5.78. The predicted molar refractivity (Wildman–Crippen MR) is 88.3 cm³/mol. The molecule has 1 aromatic carbocycles. The van der Waals surface area contributed by atoms with Crippen LogP contribution in [0, 0.1) is 0 Å². The standard InChI is InChI=1S/C17H24N2O4/c1-3-13-10-19-14-9-12(6-7-15(14)23-13)17(22)11(2)18-8-4-5-16(20)21/h6-7,9,11,13,18-19H,3-5,8,10H2,1-2H3,(H,20,21). The van der Waals surface area contributed by atoms with Gasteiger partial charge >= 0.3 is 5.97 Å². The van der Waals surface area contributed by atoms with Gasteiger partial charge in [0.15, 0.2) is 5.78 Å². The maximum atomic E-state index is 12.4. The molecular formula is C17H24N2O4. The van der Waals surface area contributed by atoms with Gasteiger partial charge in [0.2, 0.25) is 0 Å². The highest BCUT2D eigenvalue weighted by Gasteiger charge is 2.21. The molecule has 126 valence electrons. The summed E-state index contributed by atoms with van der Waals surface area (Å²) in [7, 11) is 0. The molecule has 0 saturated heterocycles. The van der Waals surface area contributed by atoms with Crippen LogP contribution >= 0.6 is 0 Å². The number of anilines is 1. The average molecular weight is 320 g/mol. The van der Waals surface area contributed by atoms with E-state index in [0.717, 1.165) is 24.4 Å². The first-order chi connectivity index (χ1) is 11.0. The van der Waals surface area contributed by atoms with E-state index in [9.17, 15) is 9.59 Å². The average Bonchev–Trinajstić information content (AvgIpc) is 2.56. The van der Waals surface area contributed by atoms with E-state index in [0.29, 0.717) is 18.5 Å². The summed E-state index contributed by atoms with van der Waals surface area (Å²) in [5.41, 5.74) is 1.46. The number of Topliss-reactive ketones (excluding diaryl/α,β-unsaturated/α-hetero) is 1. The van der Waals surface area contributed by atoms with Gasteiger partial charge in [0.1, 0.15) is 11.9 Å². The molecular weight excluding hydrogens is 296 g/mol. The van der Waals surface area contributed by atoms with Crippen molar-refractivity contribution < 1.29 is 19.4 Å². The number of carboxylic acid groups (broad SMARTS) is 1. The second-order valence-corrected chi connectivity index (χ2v) is 5.78. The highest BCUT2D eigenvalue weighted by molar-refractivity contribution is 6.01. The van der Waals surface area contributed by atoms with Crippen LogP contribution in [0.3, 0.4) is 0 Å². The summed E-state index contributed by atoms with van der Waals surface area (Å²) in [5.74, 6) is -0.0545. The van der Waals surface area contributed by atoms with Crippen molar-refractivity contribution in [2.75, 3.05) is 18.4 Å². The number of carboxylic acids is 1. The van der Waals surface area contributed by atoms with Crippen LogP contribution in [0.5, 0.6) is 5.75 Å². The zero-order chi connectivity index (χ0) is 16.8. The van der Waals surface area contributed by atoms with Gasteiger partial charge in [-0.05, 0) is 44.5 Å². The Morgan fingerprint density at radius 3 is 2.96 bits per heavy atom. The maximum absolute atomic E-state index is 12.4. The quantitative estimate of drug-likeness (QED) is 0.503. The minimum absolute atomic E-state index is 0.0115. The Hall–Kier alpha value is -2.08. The molecule has 6 heteroatoms. The minimum Gasteiger partial charge on any atom is -0.486 e. The third kappa shape index (κ3) is 4.69. The normalized spacial score (nSPS) is 17.6. The zero-order valence-electron chi connectivity index (χ0n) is 13.6. The lowest BCUT2D eigenvalue weighted by Crippen LogP contribution is -2.35. The fourth-order valence-electron chi connectivity index (χ4n) is 2.50. The van der Waals surface area contributed by atoms with E-state index in [1.54, 1.807) is 13.0 Å². The summed E-state index contributed by atoms with van der Waals surface area (Å²) in [4.78, 5) is 22.9. The Bertz CT molecular complexity index is 574. The SMILES string of the molecule is CCC1CNc2cc(C(=O)C(C)NCCCC(=O)O)ccc2O1. The van der Waals surface area contributed by atoms with Gasteiger partial charge in [-0.15, -0.1) is 0 Å². The molecule has 1 aliphatic heterocycles. The van der Waals surface area contributed by atoms with E-state index < -0.39 is 5.97 Å². The van der Waals surface area contributed by atoms with Crippen molar-refractivity contribution in [1.29, 1.82) is 0 Å². The van der Waals surface area contributed by atoms with E-state index >= 15 is 0 Å². The molecule has 1 aliphatic rings. The van der Waals surface area contributed by atoms with Gasteiger partial charge in [-0.1, -0.05) is 6.92 Å². The Morgan fingerprint density at radius 1 is 1.48 bits per heavy atom. The van der Waals surface area contributed by atoms with Crippen LogP contribution < -0.4 is 15.4 Å². The van der Waals surface area contributed by atoms with Gasteiger partial charge in [0.25, 0.3) is 0 Å². The molecule has 0 aromatic heterocycles. The van der Waals surface area contributed by atoms with Crippen LogP contribution in [0.15, 0.2) is 18.2 Å². The van der Waals surface area contributed by atoms with Crippen molar-refractivity contribution in [3.05, 3.63) is 23.8 Å². The van der Waals surface area contributed by atoms with Crippen molar-refractivity contribution in [1.82, 2.24) is 5.32 Å². The number of ketones is 1. The molecule has 0 amide bonds. The summed E-state index contributed by atoms with van der Waals surface area (Å²) in [6.07, 6.45) is 1.71. The van der Waals surface area contributed by atoms with Gasteiger partial charge in [-0.25, -0.2) is 0 Å². The molecule has 23 heavy (non-hydrogen) atoms. The van der Waals surface area contributed by atoms with Gasteiger partial charge in [0.05, 0.1) is 18.3 Å². The Balaban J connectivity index is 1.93. The Labute approximate surface area is 136 Å². The summed E-state index contributed by atoms with van der Waals surface area (Å²) in [5, 5.41) is 15.0. The molecule has 1 heterocycles. The molecule has 2 rings (SSSR count). The maximum Gasteiger partial charge on any atom is 0.303 e. The fourth-order valence-corrected chi connectivity index (χ4v) is 2.50. The lowest BCUT2D eigenvalue weighted by atomic mass is 10.0. The van der Waals surface area contributed by atoms with Crippen LogP contribution in [0.4, 0.5) is 5.69 Å². The molecule has 2 unspecified atom stereocenters. The number of aliphatic carboxylic acids is 1. The highest BCUT2D eigenvalue weighted by Crippen LogP contribution is 2.30. The van der Waals surface area contributed by atoms with Crippen LogP contribution in [-0.4, -0.2) is 42.1 Å². The monoisotopic (exact) mass is 320 g/mol. The molecule has 0 bridgehead atoms. The topological polar surface area (TPSA) is 87.7 Å². The number of nitrogens with one attached hydrogen (secondary N) is 2. The molecule has 0 aliphatic carbocycles. The summed E-state index contributed by atoms with van der Waals surface area (Å²) < 4.78 is 5.83. The number of ether oxygens (including phenoxy) is 1. The van der Waals surface area contributed by atoms with Crippen molar-refractivity contribution in [3.8, 4) is 5.75 Å². The number of carbonyl (C=O) groups is 2. The van der Waals surface area contributed by atoms with E-state index in [2.05, 4.69) is 17.6 Å².